The molecular formula is C22H25ClF3N3O4S. The van der Waals surface area contributed by atoms with Gasteiger partial charge in [-0.1, -0.05) is 35.9 Å². The maximum atomic E-state index is 13.3. The number of rotatable bonds is 8. The minimum Gasteiger partial charge on any atom is -0.357 e. The maximum Gasteiger partial charge on any atom is 0.416 e. The van der Waals surface area contributed by atoms with E-state index < -0.39 is 51.9 Å². The summed E-state index contributed by atoms with van der Waals surface area (Å²) in [6.07, 6.45) is -4.00. The van der Waals surface area contributed by atoms with Gasteiger partial charge in [0.15, 0.2) is 0 Å². The molecule has 12 heteroatoms. The van der Waals surface area contributed by atoms with Crippen molar-refractivity contribution >= 4 is 39.1 Å². The number of benzene rings is 2. The second kappa shape index (κ2) is 10.6. The molecule has 0 aromatic heterocycles. The van der Waals surface area contributed by atoms with Gasteiger partial charge in [-0.2, -0.15) is 13.2 Å². The first-order valence-electron chi connectivity index (χ1n) is 10.1. The fourth-order valence-electron chi connectivity index (χ4n) is 3.24. The Morgan fingerprint density at radius 3 is 2.29 bits per heavy atom. The summed E-state index contributed by atoms with van der Waals surface area (Å²) in [5, 5.41) is 2.16. The lowest BCUT2D eigenvalue weighted by atomic mass is 10.1. The number of carbonyl (C=O) groups excluding carboxylic acids is 2. The summed E-state index contributed by atoms with van der Waals surface area (Å²) in [5.74, 6) is -1.29. The fourth-order valence-corrected chi connectivity index (χ4v) is 4.36. The molecule has 2 amide bonds. The highest BCUT2D eigenvalue weighted by Crippen LogP contribution is 2.36. The van der Waals surface area contributed by atoms with Gasteiger partial charge in [-0.15, -0.1) is 0 Å². The molecule has 0 saturated heterocycles. The quantitative estimate of drug-likeness (QED) is 0.577. The number of hydrogen-bond acceptors (Lipinski definition) is 4. The number of hydrogen-bond donors (Lipinski definition) is 1. The van der Waals surface area contributed by atoms with Crippen molar-refractivity contribution in [3.05, 3.63) is 64.2 Å². The van der Waals surface area contributed by atoms with Crippen LogP contribution in [0.4, 0.5) is 18.9 Å². The van der Waals surface area contributed by atoms with Crippen LogP contribution in [0.1, 0.15) is 23.6 Å². The van der Waals surface area contributed by atoms with E-state index in [2.05, 4.69) is 5.32 Å². The molecule has 7 nitrogen and oxygen atoms in total. The molecule has 0 unspecified atom stereocenters. The summed E-state index contributed by atoms with van der Waals surface area (Å²) in [6.45, 7) is 2.41. The third-order valence-electron chi connectivity index (χ3n) is 5.24. The van der Waals surface area contributed by atoms with Gasteiger partial charge in [0, 0.05) is 13.6 Å². The van der Waals surface area contributed by atoms with Gasteiger partial charge >= 0.3 is 6.18 Å². The third kappa shape index (κ3) is 6.63. The first-order chi connectivity index (χ1) is 15.7. The van der Waals surface area contributed by atoms with E-state index in [-0.39, 0.29) is 11.6 Å². The van der Waals surface area contributed by atoms with Gasteiger partial charge in [-0.25, -0.2) is 8.42 Å². The van der Waals surface area contributed by atoms with Gasteiger partial charge in [0.25, 0.3) is 0 Å². The molecule has 1 atom stereocenters. The van der Waals surface area contributed by atoms with E-state index in [9.17, 15) is 31.2 Å². The Kier molecular flexibility index (Phi) is 8.59. The lowest BCUT2D eigenvalue weighted by molar-refractivity contribution is -0.139. The number of alkyl halides is 3. The number of halogens is 4. The number of sulfonamides is 1. The Morgan fingerprint density at radius 2 is 1.76 bits per heavy atom. The molecule has 0 radical (unpaired) electrons. The van der Waals surface area contributed by atoms with Crippen LogP contribution in [-0.2, 0) is 32.3 Å². The normalized spacial score (nSPS) is 12.7. The Balaban J connectivity index is 2.51. The summed E-state index contributed by atoms with van der Waals surface area (Å²) in [7, 11) is -2.84. The molecule has 0 saturated carbocycles. The zero-order chi connectivity index (χ0) is 25.8. The lowest BCUT2D eigenvalue weighted by Crippen LogP contribution is -2.50. The summed E-state index contributed by atoms with van der Waals surface area (Å²) < 4.78 is 65.2. The highest BCUT2D eigenvalue weighted by molar-refractivity contribution is 7.92. The molecule has 2 rings (SSSR count). The zero-order valence-corrected chi connectivity index (χ0v) is 20.6. The zero-order valence-electron chi connectivity index (χ0n) is 19.0. The van der Waals surface area contributed by atoms with Crippen molar-refractivity contribution in [2.45, 2.75) is 32.6 Å². The molecule has 0 aliphatic carbocycles. The number of carbonyl (C=O) groups is 2. The summed E-state index contributed by atoms with van der Waals surface area (Å²) >= 11 is 6.03. The predicted molar refractivity (Wildman–Crippen MR) is 124 cm³/mol. The number of amides is 2. The molecule has 0 bridgehead atoms. The number of nitrogens with zero attached hydrogens (tertiary/aromatic N) is 2. The van der Waals surface area contributed by atoms with E-state index in [0.717, 1.165) is 23.4 Å². The first kappa shape index (κ1) is 27.5. The van der Waals surface area contributed by atoms with Crippen molar-refractivity contribution in [2.24, 2.45) is 0 Å². The average Bonchev–Trinajstić information content (AvgIpc) is 2.74. The van der Waals surface area contributed by atoms with Gasteiger partial charge < -0.3 is 10.2 Å². The molecule has 186 valence electrons. The van der Waals surface area contributed by atoms with Crippen LogP contribution < -0.4 is 9.62 Å². The largest absolute Gasteiger partial charge is 0.416 e. The Labute approximate surface area is 201 Å². The van der Waals surface area contributed by atoms with Crippen LogP contribution in [0.2, 0.25) is 5.02 Å². The highest BCUT2D eigenvalue weighted by atomic mass is 35.5. The van der Waals surface area contributed by atoms with Crippen LogP contribution in [0.15, 0.2) is 42.5 Å². The number of likely N-dealkylation sites (N-methyl/N-ethyl adjacent to an activating group) is 1. The fraction of sp³-hybridized carbons (Fsp3) is 0.364. The second-order valence-corrected chi connectivity index (χ2v) is 9.99. The molecule has 34 heavy (non-hydrogen) atoms. The summed E-state index contributed by atoms with van der Waals surface area (Å²) in [5.41, 5.74) is -0.0563. The standard InChI is InChI=1S/C22H25ClF3N3O4S/c1-14-7-5-6-8-16(14)12-28(15(2)21(31)27-3)20(30)13-29(34(4,32)33)19-11-17(22(24,25)26)9-10-18(19)23/h5-11,15H,12-13H2,1-4H3,(H,27,31)/t15-/m1/s1. The van der Waals surface area contributed by atoms with Crippen molar-refractivity contribution in [1.29, 1.82) is 0 Å². The van der Waals surface area contributed by atoms with Gasteiger partial charge in [0.05, 0.1) is 22.5 Å². The minimum absolute atomic E-state index is 0.0198. The summed E-state index contributed by atoms with van der Waals surface area (Å²) in [4.78, 5) is 26.8. The molecule has 0 heterocycles. The molecule has 2 aromatic carbocycles. The molecule has 1 N–H and O–H groups in total. The minimum atomic E-state index is -4.75. The van der Waals surface area contributed by atoms with E-state index in [1.54, 1.807) is 18.2 Å². The predicted octanol–water partition coefficient (Wildman–Crippen LogP) is 3.60. The molecule has 0 fully saturated rings. The first-order valence-corrected chi connectivity index (χ1v) is 12.3. The van der Waals surface area contributed by atoms with Gasteiger partial charge in [0.1, 0.15) is 12.6 Å². The van der Waals surface area contributed by atoms with Gasteiger partial charge in [-0.3, -0.25) is 13.9 Å². The smallest absolute Gasteiger partial charge is 0.357 e. The highest BCUT2D eigenvalue weighted by Gasteiger charge is 2.34. The van der Waals surface area contributed by atoms with Crippen LogP contribution in [-0.4, -0.2) is 51.0 Å². The number of nitrogens with one attached hydrogen (secondary N) is 1. The van der Waals surface area contributed by atoms with Gasteiger partial charge in [0.2, 0.25) is 21.8 Å². The third-order valence-corrected chi connectivity index (χ3v) is 6.68. The van der Waals surface area contributed by atoms with Crippen molar-refractivity contribution in [2.75, 3.05) is 24.2 Å². The average molecular weight is 520 g/mol. The van der Waals surface area contributed by atoms with Gasteiger partial charge in [-0.05, 0) is 43.2 Å². The summed E-state index contributed by atoms with van der Waals surface area (Å²) in [6, 6.07) is 8.33. The Morgan fingerprint density at radius 1 is 1.15 bits per heavy atom. The topological polar surface area (TPSA) is 86.8 Å². The molecule has 2 aromatic rings. The van der Waals surface area contributed by atoms with Crippen LogP contribution in [0.25, 0.3) is 0 Å². The van der Waals surface area contributed by atoms with Crippen LogP contribution >= 0.6 is 11.6 Å². The van der Waals surface area contributed by atoms with Crippen LogP contribution in [0.5, 0.6) is 0 Å². The van der Waals surface area contributed by atoms with E-state index >= 15 is 0 Å². The van der Waals surface area contributed by atoms with Crippen LogP contribution in [0.3, 0.4) is 0 Å². The molecule has 0 aliphatic rings. The molecular weight excluding hydrogens is 495 g/mol. The number of aryl methyl sites for hydroxylation is 1. The monoisotopic (exact) mass is 519 g/mol. The SMILES string of the molecule is CNC(=O)[C@@H](C)N(Cc1ccccc1C)C(=O)CN(c1cc(C(F)(F)F)ccc1Cl)S(C)(=O)=O. The van der Waals surface area contributed by atoms with Crippen molar-refractivity contribution in [3.8, 4) is 0 Å². The molecule has 0 spiro atoms. The maximum absolute atomic E-state index is 13.3. The Bertz CT molecular complexity index is 1170. The van der Waals surface area contributed by atoms with Crippen molar-refractivity contribution in [3.63, 3.8) is 0 Å². The number of anilines is 1. The Hall–Kier alpha value is -2.79. The van der Waals surface area contributed by atoms with Crippen molar-refractivity contribution in [1.82, 2.24) is 10.2 Å². The van der Waals surface area contributed by atoms with Crippen LogP contribution in [0, 0.1) is 6.92 Å². The lowest BCUT2D eigenvalue weighted by Gasteiger charge is -2.32. The van der Waals surface area contributed by atoms with E-state index in [1.165, 1.54) is 18.9 Å². The van der Waals surface area contributed by atoms with E-state index in [4.69, 9.17) is 11.6 Å². The second-order valence-electron chi connectivity index (χ2n) is 7.67. The van der Waals surface area contributed by atoms with E-state index in [0.29, 0.717) is 16.4 Å². The molecule has 0 aliphatic heterocycles. The van der Waals surface area contributed by atoms with Crippen molar-refractivity contribution < 1.29 is 31.2 Å². The van der Waals surface area contributed by atoms with E-state index in [1.807, 2.05) is 13.0 Å².